The smallest absolute Gasteiger partial charge is 0.177 e. The standard InChI is InChI=1S/C11H16N4OS2/c1-11(2,3)8-13-10(18-14-8)17-9-12-5-7(6-16)15(9)4/h5,16H,6H2,1-4H3. The Morgan fingerprint density at radius 3 is 2.67 bits per heavy atom. The molecule has 98 valence electrons. The van der Waals surface area contributed by atoms with E-state index < -0.39 is 0 Å². The second kappa shape index (κ2) is 4.99. The van der Waals surface area contributed by atoms with Crippen LogP contribution in [-0.4, -0.2) is 24.0 Å². The molecule has 18 heavy (non-hydrogen) atoms. The maximum Gasteiger partial charge on any atom is 0.177 e. The van der Waals surface area contributed by atoms with Crippen LogP contribution in [0.5, 0.6) is 0 Å². The van der Waals surface area contributed by atoms with E-state index in [1.807, 2.05) is 11.6 Å². The molecule has 0 aliphatic rings. The lowest BCUT2D eigenvalue weighted by atomic mass is 9.96. The van der Waals surface area contributed by atoms with Crippen LogP contribution >= 0.6 is 23.3 Å². The van der Waals surface area contributed by atoms with Crippen LogP contribution in [-0.2, 0) is 19.1 Å². The normalized spacial score (nSPS) is 12.1. The Kier molecular flexibility index (Phi) is 3.74. The van der Waals surface area contributed by atoms with E-state index in [1.54, 1.807) is 6.20 Å². The Labute approximate surface area is 114 Å². The molecule has 0 fully saturated rings. The van der Waals surface area contributed by atoms with Gasteiger partial charge in [0, 0.05) is 12.5 Å². The molecular weight excluding hydrogens is 268 g/mol. The molecule has 1 N–H and O–H groups in total. The van der Waals surface area contributed by atoms with E-state index in [9.17, 15) is 0 Å². The molecule has 2 heterocycles. The lowest BCUT2D eigenvalue weighted by Crippen LogP contribution is -2.12. The van der Waals surface area contributed by atoms with Gasteiger partial charge in [0.25, 0.3) is 0 Å². The topological polar surface area (TPSA) is 63.8 Å². The van der Waals surface area contributed by atoms with Gasteiger partial charge in [0.2, 0.25) is 0 Å². The number of nitrogens with zero attached hydrogens (tertiary/aromatic N) is 4. The molecule has 0 aromatic carbocycles. The van der Waals surface area contributed by atoms with Crippen molar-refractivity contribution < 1.29 is 5.11 Å². The second-order valence-corrected chi connectivity index (χ2v) is 6.95. The summed E-state index contributed by atoms with van der Waals surface area (Å²) >= 11 is 2.86. The number of imidazole rings is 1. The highest BCUT2D eigenvalue weighted by Gasteiger charge is 2.20. The van der Waals surface area contributed by atoms with Gasteiger partial charge in [-0.3, -0.25) is 0 Å². The Bertz CT molecular complexity index is 541. The Balaban J connectivity index is 2.19. The molecule has 0 unspecified atom stereocenters. The van der Waals surface area contributed by atoms with Crippen LogP contribution in [0.3, 0.4) is 0 Å². The molecule has 2 aromatic rings. The maximum absolute atomic E-state index is 9.11. The largest absolute Gasteiger partial charge is 0.390 e. The van der Waals surface area contributed by atoms with Crippen LogP contribution in [0.15, 0.2) is 15.7 Å². The number of rotatable bonds is 3. The van der Waals surface area contributed by atoms with Crippen molar-refractivity contribution in [1.82, 2.24) is 18.9 Å². The molecule has 0 spiro atoms. The van der Waals surface area contributed by atoms with Crippen LogP contribution in [0.2, 0.25) is 0 Å². The molecule has 0 amide bonds. The van der Waals surface area contributed by atoms with Crippen LogP contribution in [0.4, 0.5) is 0 Å². The summed E-state index contributed by atoms with van der Waals surface area (Å²) in [5.74, 6) is 0.853. The third kappa shape index (κ3) is 2.73. The summed E-state index contributed by atoms with van der Waals surface area (Å²) in [6.07, 6.45) is 1.67. The monoisotopic (exact) mass is 284 g/mol. The average molecular weight is 284 g/mol. The van der Waals surface area contributed by atoms with Gasteiger partial charge in [-0.15, -0.1) is 0 Å². The van der Waals surface area contributed by atoms with E-state index in [1.165, 1.54) is 23.3 Å². The fourth-order valence-corrected chi connectivity index (χ4v) is 3.04. The number of aromatic nitrogens is 4. The molecule has 0 saturated heterocycles. The molecule has 0 aliphatic heterocycles. The van der Waals surface area contributed by atoms with Crippen molar-refractivity contribution in [2.75, 3.05) is 0 Å². The van der Waals surface area contributed by atoms with E-state index in [4.69, 9.17) is 5.11 Å². The molecule has 2 aromatic heterocycles. The predicted molar refractivity (Wildman–Crippen MR) is 71.9 cm³/mol. The van der Waals surface area contributed by atoms with Crippen molar-refractivity contribution in [3.05, 3.63) is 17.7 Å². The number of aliphatic hydroxyl groups excluding tert-OH is 1. The van der Waals surface area contributed by atoms with Gasteiger partial charge in [-0.1, -0.05) is 20.8 Å². The molecule has 0 aliphatic carbocycles. The predicted octanol–water partition coefficient (Wildman–Crippen LogP) is 2.21. The number of hydrogen-bond acceptors (Lipinski definition) is 6. The van der Waals surface area contributed by atoms with Crippen molar-refractivity contribution in [3.63, 3.8) is 0 Å². The molecule has 0 atom stereocenters. The second-order valence-electron chi connectivity index (χ2n) is 4.99. The van der Waals surface area contributed by atoms with Crippen molar-refractivity contribution in [3.8, 4) is 0 Å². The van der Waals surface area contributed by atoms with Gasteiger partial charge in [0.05, 0.1) is 18.5 Å². The fourth-order valence-electron chi connectivity index (χ4n) is 1.30. The van der Waals surface area contributed by atoms with Gasteiger partial charge in [-0.05, 0) is 23.3 Å². The van der Waals surface area contributed by atoms with E-state index in [0.29, 0.717) is 0 Å². The quantitative estimate of drug-likeness (QED) is 0.936. The molecule has 7 heteroatoms. The molecular formula is C11H16N4OS2. The van der Waals surface area contributed by atoms with Gasteiger partial charge < -0.3 is 9.67 Å². The van der Waals surface area contributed by atoms with Gasteiger partial charge in [0.15, 0.2) is 9.50 Å². The van der Waals surface area contributed by atoms with E-state index in [0.717, 1.165) is 21.0 Å². The highest BCUT2D eigenvalue weighted by molar-refractivity contribution is 8.00. The van der Waals surface area contributed by atoms with Crippen molar-refractivity contribution in [2.24, 2.45) is 7.05 Å². The van der Waals surface area contributed by atoms with Gasteiger partial charge >= 0.3 is 0 Å². The highest BCUT2D eigenvalue weighted by Crippen LogP contribution is 2.30. The molecule has 0 radical (unpaired) electrons. The first-order valence-corrected chi connectivity index (χ1v) is 7.14. The average Bonchev–Trinajstić information content (AvgIpc) is 2.87. The first-order chi connectivity index (χ1) is 8.41. The SMILES string of the molecule is Cn1c(CO)cnc1Sc1nc(C(C)(C)C)ns1. The van der Waals surface area contributed by atoms with Crippen LogP contribution < -0.4 is 0 Å². The number of aliphatic hydroxyl groups is 1. The summed E-state index contributed by atoms with van der Waals surface area (Å²) < 4.78 is 7.10. The van der Waals surface area contributed by atoms with Gasteiger partial charge in [0.1, 0.15) is 5.82 Å². The lowest BCUT2D eigenvalue weighted by molar-refractivity contribution is 0.271. The molecule has 2 rings (SSSR count). The van der Waals surface area contributed by atoms with E-state index >= 15 is 0 Å². The Morgan fingerprint density at radius 1 is 1.44 bits per heavy atom. The van der Waals surface area contributed by atoms with Crippen LogP contribution in [0.1, 0.15) is 32.3 Å². The summed E-state index contributed by atoms with van der Waals surface area (Å²) in [4.78, 5) is 8.77. The molecule has 0 saturated carbocycles. The Hall–Kier alpha value is -0.920. The van der Waals surface area contributed by atoms with Gasteiger partial charge in [-0.25, -0.2) is 9.97 Å². The maximum atomic E-state index is 9.11. The van der Waals surface area contributed by atoms with Crippen molar-refractivity contribution in [1.29, 1.82) is 0 Å². The minimum Gasteiger partial charge on any atom is -0.390 e. The lowest BCUT2D eigenvalue weighted by Gasteiger charge is -2.12. The van der Waals surface area contributed by atoms with Crippen LogP contribution in [0.25, 0.3) is 0 Å². The molecule has 5 nitrogen and oxygen atoms in total. The zero-order chi connectivity index (χ0) is 13.3. The van der Waals surface area contributed by atoms with Crippen molar-refractivity contribution in [2.45, 2.75) is 42.3 Å². The minimum absolute atomic E-state index is 0.00653. The Morgan fingerprint density at radius 2 is 2.17 bits per heavy atom. The zero-order valence-electron chi connectivity index (χ0n) is 10.8. The molecule has 0 bridgehead atoms. The fraction of sp³-hybridized carbons (Fsp3) is 0.545. The highest BCUT2D eigenvalue weighted by atomic mass is 32.2. The van der Waals surface area contributed by atoms with Crippen molar-refractivity contribution >= 4 is 23.3 Å². The van der Waals surface area contributed by atoms with Crippen LogP contribution in [0, 0.1) is 0 Å². The minimum atomic E-state index is -0.0345. The summed E-state index contributed by atoms with van der Waals surface area (Å²) in [5, 5.41) is 9.93. The van der Waals surface area contributed by atoms with Gasteiger partial charge in [-0.2, -0.15) is 4.37 Å². The summed E-state index contributed by atoms with van der Waals surface area (Å²) in [6.45, 7) is 6.27. The summed E-state index contributed by atoms with van der Waals surface area (Å²) in [6, 6.07) is 0. The third-order valence-corrected chi connectivity index (χ3v) is 4.27. The summed E-state index contributed by atoms with van der Waals surface area (Å²) in [5.41, 5.74) is 0.755. The third-order valence-electron chi connectivity index (χ3n) is 2.46. The first kappa shape index (κ1) is 13.5. The summed E-state index contributed by atoms with van der Waals surface area (Å²) in [7, 11) is 1.88. The van der Waals surface area contributed by atoms with E-state index in [-0.39, 0.29) is 12.0 Å². The van der Waals surface area contributed by atoms with E-state index in [2.05, 4.69) is 35.1 Å². The first-order valence-electron chi connectivity index (χ1n) is 5.55. The number of hydrogen-bond donors (Lipinski definition) is 1. The zero-order valence-corrected chi connectivity index (χ0v) is 12.5.